The van der Waals surface area contributed by atoms with Gasteiger partial charge < -0.3 is 10.6 Å². The van der Waals surface area contributed by atoms with E-state index in [1.54, 1.807) is 17.0 Å². The lowest BCUT2D eigenvalue weighted by atomic mass is 9.86. The number of hydrogen-bond donors (Lipinski definition) is 1. The molecule has 0 bridgehead atoms. The molecule has 2 rings (SSSR count). The van der Waals surface area contributed by atoms with Crippen molar-refractivity contribution < 1.29 is 13.6 Å². The van der Waals surface area contributed by atoms with Crippen LogP contribution in [0.15, 0.2) is 24.3 Å². The van der Waals surface area contributed by atoms with Crippen LogP contribution in [0.1, 0.15) is 57.2 Å². The maximum atomic E-state index is 12.9. The number of nitrogens with two attached hydrogens (primary N) is 1. The fourth-order valence-electron chi connectivity index (χ4n) is 2.98. The number of piperidine rings is 1. The van der Waals surface area contributed by atoms with Crippen LogP contribution >= 0.6 is 0 Å². The van der Waals surface area contributed by atoms with Gasteiger partial charge in [-0.3, -0.25) is 4.79 Å². The van der Waals surface area contributed by atoms with E-state index < -0.39 is 12.0 Å². The van der Waals surface area contributed by atoms with Gasteiger partial charge in [-0.15, -0.1) is 0 Å². The van der Waals surface area contributed by atoms with E-state index in [9.17, 15) is 13.6 Å². The van der Waals surface area contributed by atoms with E-state index >= 15 is 0 Å². The van der Waals surface area contributed by atoms with Crippen molar-refractivity contribution in [2.75, 3.05) is 0 Å². The largest absolute Gasteiger partial charge is 0.329 e. The predicted molar refractivity (Wildman–Crippen MR) is 77.9 cm³/mol. The third-order valence-corrected chi connectivity index (χ3v) is 3.87. The van der Waals surface area contributed by atoms with E-state index in [1.165, 1.54) is 12.1 Å². The molecule has 0 saturated carbocycles. The fraction of sp³-hybridized carbons (Fsp3) is 0.562. The zero-order chi connectivity index (χ0) is 15.8. The Balaban J connectivity index is 2.46. The molecular formula is C16H22F2N2O. The molecule has 116 valence electrons. The third kappa shape index (κ3) is 3.23. The number of rotatable bonds is 2. The number of alkyl halides is 2. The Morgan fingerprint density at radius 2 is 2.00 bits per heavy atom. The minimum Gasteiger partial charge on any atom is -0.329 e. The lowest BCUT2D eigenvalue weighted by Gasteiger charge is -2.47. The van der Waals surface area contributed by atoms with Crippen LogP contribution in [0.25, 0.3) is 0 Å². The van der Waals surface area contributed by atoms with Gasteiger partial charge in [0, 0.05) is 23.6 Å². The normalized spacial score (nSPS) is 23.8. The molecule has 1 amide bonds. The third-order valence-electron chi connectivity index (χ3n) is 3.87. The first-order chi connectivity index (χ1) is 9.71. The first-order valence-electron chi connectivity index (χ1n) is 7.17. The van der Waals surface area contributed by atoms with Crippen LogP contribution < -0.4 is 5.73 Å². The van der Waals surface area contributed by atoms with Crippen molar-refractivity contribution in [1.82, 2.24) is 4.90 Å². The summed E-state index contributed by atoms with van der Waals surface area (Å²) in [6.07, 6.45) is -1.54. The van der Waals surface area contributed by atoms with Crippen LogP contribution in [-0.4, -0.2) is 22.4 Å². The van der Waals surface area contributed by atoms with Gasteiger partial charge in [-0.2, -0.15) is 0 Å². The lowest BCUT2D eigenvalue weighted by Crippen LogP contribution is -2.56. The maximum absolute atomic E-state index is 12.9. The van der Waals surface area contributed by atoms with Gasteiger partial charge in [-0.1, -0.05) is 18.2 Å². The minimum atomic E-state index is -2.52. The average Bonchev–Trinajstić information content (AvgIpc) is 2.39. The monoisotopic (exact) mass is 296 g/mol. The number of carbonyl (C=O) groups excluding carboxylic acids is 1. The lowest BCUT2D eigenvalue weighted by molar-refractivity contribution is -0.144. The van der Waals surface area contributed by atoms with E-state index in [1.807, 2.05) is 20.8 Å². The van der Waals surface area contributed by atoms with Gasteiger partial charge in [0.15, 0.2) is 0 Å². The summed E-state index contributed by atoms with van der Waals surface area (Å²) in [5.41, 5.74) is 6.45. The smallest absolute Gasteiger partial charge is 0.263 e. The van der Waals surface area contributed by atoms with Crippen molar-refractivity contribution in [3.05, 3.63) is 35.4 Å². The second-order valence-electron chi connectivity index (χ2n) is 6.55. The van der Waals surface area contributed by atoms with Gasteiger partial charge in [-0.25, -0.2) is 8.78 Å². The molecule has 0 aromatic heterocycles. The Kier molecular flexibility index (Phi) is 4.33. The topological polar surface area (TPSA) is 46.3 Å². The van der Waals surface area contributed by atoms with Crippen LogP contribution in [0, 0.1) is 0 Å². The molecule has 0 spiro atoms. The molecule has 1 heterocycles. The molecule has 1 aromatic rings. The number of benzene rings is 1. The standard InChI is InChI=1S/C16H22F2N2O/c1-16(2,3)20-13(21)8-7-12(19)14(20)10-5-4-6-11(9-10)15(17)18/h4-6,9,12,14-15H,7-8,19H2,1-3H3. The van der Waals surface area contributed by atoms with Crippen LogP contribution in [-0.2, 0) is 4.79 Å². The quantitative estimate of drug-likeness (QED) is 0.909. The summed E-state index contributed by atoms with van der Waals surface area (Å²) in [7, 11) is 0. The van der Waals surface area contributed by atoms with Gasteiger partial charge >= 0.3 is 0 Å². The highest BCUT2D eigenvalue weighted by Gasteiger charge is 2.40. The van der Waals surface area contributed by atoms with Crippen LogP contribution in [0.3, 0.4) is 0 Å². The summed E-state index contributed by atoms with van der Waals surface area (Å²) < 4.78 is 25.8. The van der Waals surface area contributed by atoms with Crippen molar-refractivity contribution >= 4 is 5.91 Å². The summed E-state index contributed by atoms with van der Waals surface area (Å²) >= 11 is 0. The van der Waals surface area contributed by atoms with Gasteiger partial charge in [0.05, 0.1) is 6.04 Å². The van der Waals surface area contributed by atoms with Crippen LogP contribution in [0.5, 0.6) is 0 Å². The molecule has 1 aliphatic heterocycles. The molecule has 1 fully saturated rings. The van der Waals surface area contributed by atoms with Gasteiger partial charge in [0.2, 0.25) is 5.91 Å². The van der Waals surface area contributed by atoms with E-state index in [0.29, 0.717) is 18.4 Å². The second kappa shape index (κ2) is 5.72. The van der Waals surface area contributed by atoms with Crippen LogP contribution in [0.4, 0.5) is 8.78 Å². The predicted octanol–water partition coefficient (Wildman–Crippen LogP) is 3.41. The number of halogens is 2. The summed E-state index contributed by atoms with van der Waals surface area (Å²) in [6.45, 7) is 5.81. The average molecular weight is 296 g/mol. The molecule has 0 radical (unpaired) electrons. The molecule has 1 aliphatic rings. The summed E-state index contributed by atoms with van der Waals surface area (Å²) in [5.74, 6) is 0.0247. The summed E-state index contributed by atoms with van der Waals surface area (Å²) in [4.78, 5) is 14.1. The molecule has 3 nitrogen and oxygen atoms in total. The molecule has 1 saturated heterocycles. The summed E-state index contributed by atoms with van der Waals surface area (Å²) in [6, 6.07) is 5.63. The molecule has 21 heavy (non-hydrogen) atoms. The van der Waals surface area contributed by atoms with E-state index in [0.717, 1.165) is 0 Å². The Morgan fingerprint density at radius 3 is 2.57 bits per heavy atom. The first-order valence-corrected chi connectivity index (χ1v) is 7.17. The highest BCUT2D eigenvalue weighted by atomic mass is 19.3. The molecule has 1 aromatic carbocycles. The molecular weight excluding hydrogens is 274 g/mol. The Labute approximate surface area is 124 Å². The number of carbonyl (C=O) groups is 1. The van der Waals surface area contributed by atoms with Crippen molar-refractivity contribution in [2.45, 2.75) is 57.7 Å². The second-order valence-corrected chi connectivity index (χ2v) is 6.55. The van der Waals surface area contributed by atoms with Crippen LogP contribution in [0.2, 0.25) is 0 Å². The fourth-order valence-corrected chi connectivity index (χ4v) is 2.98. The maximum Gasteiger partial charge on any atom is 0.263 e. The molecule has 2 N–H and O–H groups in total. The number of hydrogen-bond acceptors (Lipinski definition) is 2. The Hall–Kier alpha value is -1.49. The number of nitrogens with zero attached hydrogens (tertiary/aromatic N) is 1. The van der Waals surface area contributed by atoms with E-state index in [2.05, 4.69) is 0 Å². The summed E-state index contributed by atoms with van der Waals surface area (Å²) in [5, 5.41) is 0. The van der Waals surface area contributed by atoms with Gasteiger partial charge in [0.1, 0.15) is 0 Å². The molecule has 2 unspecified atom stereocenters. The highest BCUT2D eigenvalue weighted by Crippen LogP contribution is 2.37. The van der Waals surface area contributed by atoms with Crippen molar-refractivity contribution in [1.29, 1.82) is 0 Å². The highest BCUT2D eigenvalue weighted by molar-refractivity contribution is 5.78. The first kappa shape index (κ1) is 15.9. The molecule has 0 aliphatic carbocycles. The number of likely N-dealkylation sites (tertiary alicyclic amines) is 1. The van der Waals surface area contributed by atoms with Gasteiger partial charge in [-0.05, 0) is 38.8 Å². The molecule has 2 atom stereocenters. The number of amides is 1. The van der Waals surface area contributed by atoms with Crippen molar-refractivity contribution in [3.63, 3.8) is 0 Å². The van der Waals surface area contributed by atoms with Crippen molar-refractivity contribution in [3.8, 4) is 0 Å². The van der Waals surface area contributed by atoms with E-state index in [4.69, 9.17) is 5.73 Å². The van der Waals surface area contributed by atoms with Crippen molar-refractivity contribution in [2.24, 2.45) is 5.73 Å². The molecule has 5 heteroatoms. The minimum absolute atomic E-state index is 0.0247. The van der Waals surface area contributed by atoms with E-state index in [-0.39, 0.29) is 23.6 Å². The zero-order valence-electron chi connectivity index (χ0n) is 12.6. The Morgan fingerprint density at radius 1 is 1.33 bits per heavy atom. The van der Waals surface area contributed by atoms with Gasteiger partial charge in [0.25, 0.3) is 6.43 Å². The SMILES string of the molecule is CC(C)(C)N1C(=O)CCC(N)C1c1cccc(C(F)F)c1. The zero-order valence-corrected chi connectivity index (χ0v) is 12.6. The Bertz CT molecular complexity index is 525.